The van der Waals surface area contributed by atoms with E-state index < -0.39 is 11.9 Å². The molecule has 0 saturated carbocycles. The van der Waals surface area contributed by atoms with Crippen LogP contribution in [0.4, 0.5) is 22.7 Å². The fourth-order valence-corrected chi connectivity index (χ4v) is 2.88. The van der Waals surface area contributed by atoms with Crippen molar-refractivity contribution in [3.63, 3.8) is 0 Å². The number of carboxylic acid groups (broad SMARTS) is 2. The zero-order valence-electron chi connectivity index (χ0n) is 15.5. The molecule has 0 aliphatic rings. The molecular formula is C22H20N2O4. The number of benzene rings is 3. The Morgan fingerprint density at radius 3 is 1.39 bits per heavy atom. The number of anilines is 4. The molecule has 3 rings (SSSR count). The minimum atomic E-state index is -1.02. The van der Waals surface area contributed by atoms with Crippen LogP contribution in [0.25, 0.3) is 0 Å². The lowest BCUT2D eigenvalue weighted by molar-refractivity contribution is 0.0687. The van der Waals surface area contributed by atoms with Crippen LogP contribution in [0.1, 0.15) is 31.8 Å². The van der Waals surface area contributed by atoms with Gasteiger partial charge in [0, 0.05) is 0 Å². The highest BCUT2D eigenvalue weighted by Gasteiger charge is 2.14. The van der Waals surface area contributed by atoms with Gasteiger partial charge in [-0.15, -0.1) is 0 Å². The molecule has 6 heteroatoms. The largest absolute Gasteiger partial charge is 0.478 e. The SMILES string of the molecule is Cc1ccc(Nc2ccccc2Nc2ccc(C)cc2C(=O)O)c(C(=O)O)c1. The molecule has 0 aromatic heterocycles. The van der Waals surface area contributed by atoms with Gasteiger partial charge in [0.2, 0.25) is 0 Å². The van der Waals surface area contributed by atoms with Crippen LogP contribution in [0.15, 0.2) is 60.7 Å². The first kappa shape index (κ1) is 19.0. The summed E-state index contributed by atoms with van der Waals surface area (Å²) in [6.45, 7) is 3.66. The van der Waals surface area contributed by atoms with Crippen molar-refractivity contribution in [3.8, 4) is 0 Å². The van der Waals surface area contributed by atoms with Crippen LogP contribution in [-0.4, -0.2) is 22.2 Å². The van der Waals surface area contributed by atoms with Crippen LogP contribution in [0.2, 0.25) is 0 Å². The average molecular weight is 376 g/mol. The van der Waals surface area contributed by atoms with Crippen LogP contribution >= 0.6 is 0 Å². The predicted octanol–water partition coefficient (Wildman–Crippen LogP) is 5.19. The van der Waals surface area contributed by atoms with Gasteiger partial charge in [0.1, 0.15) is 0 Å². The Morgan fingerprint density at radius 1 is 0.643 bits per heavy atom. The third-order valence-corrected chi connectivity index (χ3v) is 4.28. The smallest absolute Gasteiger partial charge is 0.337 e. The number of hydrogen-bond donors (Lipinski definition) is 4. The average Bonchev–Trinajstić information content (AvgIpc) is 2.65. The fraction of sp³-hybridized carbons (Fsp3) is 0.0909. The highest BCUT2D eigenvalue weighted by Crippen LogP contribution is 2.31. The van der Waals surface area contributed by atoms with Crippen molar-refractivity contribution in [2.24, 2.45) is 0 Å². The Morgan fingerprint density at radius 2 is 1.04 bits per heavy atom. The first-order valence-electron chi connectivity index (χ1n) is 8.66. The minimum absolute atomic E-state index is 0.163. The first-order chi connectivity index (χ1) is 13.3. The van der Waals surface area contributed by atoms with Gasteiger partial charge < -0.3 is 20.8 Å². The molecule has 0 saturated heterocycles. The second-order valence-corrected chi connectivity index (χ2v) is 6.50. The summed E-state index contributed by atoms with van der Waals surface area (Å²) in [6, 6.07) is 17.5. The third-order valence-electron chi connectivity index (χ3n) is 4.28. The maximum atomic E-state index is 11.6. The van der Waals surface area contributed by atoms with Crippen molar-refractivity contribution in [2.45, 2.75) is 13.8 Å². The molecule has 28 heavy (non-hydrogen) atoms. The van der Waals surface area contributed by atoms with E-state index in [4.69, 9.17) is 0 Å². The molecule has 142 valence electrons. The van der Waals surface area contributed by atoms with Crippen LogP contribution < -0.4 is 10.6 Å². The lowest BCUT2D eigenvalue weighted by atomic mass is 10.1. The Kier molecular flexibility index (Phi) is 5.31. The second kappa shape index (κ2) is 7.84. The van der Waals surface area contributed by atoms with Gasteiger partial charge in [0.05, 0.1) is 33.9 Å². The number of rotatable bonds is 6. The molecule has 0 aliphatic carbocycles. The van der Waals surface area contributed by atoms with Crippen molar-refractivity contribution in [2.75, 3.05) is 10.6 Å². The zero-order valence-corrected chi connectivity index (χ0v) is 15.5. The summed E-state index contributed by atoms with van der Waals surface area (Å²) in [7, 11) is 0. The van der Waals surface area contributed by atoms with Crippen LogP contribution in [0.5, 0.6) is 0 Å². The highest BCUT2D eigenvalue weighted by molar-refractivity contribution is 5.98. The van der Waals surface area contributed by atoms with E-state index in [1.165, 1.54) is 0 Å². The van der Waals surface area contributed by atoms with E-state index in [2.05, 4.69) is 10.6 Å². The van der Waals surface area contributed by atoms with E-state index in [-0.39, 0.29) is 11.1 Å². The summed E-state index contributed by atoms with van der Waals surface area (Å²) in [5.74, 6) is -2.05. The Balaban J connectivity index is 1.98. The second-order valence-electron chi connectivity index (χ2n) is 6.50. The summed E-state index contributed by atoms with van der Waals surface area (Å²) in [6.07, 6.45) is 0. The Bertz CT molecular complexity index is 976. The van der Waals surface area contributed by atoms with Gasteiger partial charge in [0.25, 0.3) is 0 Å². The first-order valence-corrected chi connectivity index (χ1v) is 8.66. The van der Waals surface area contributed by atoms with Crippen molar-refractivity contribution in [1.82, 2.24) is 0 Å². The Hall–Kier alpha value is -3.80. The summed E-state index contributed by atoms with van der Waals surface area (Å²) in [5.41, 5.74) is 4.19. The molecule has 0 unspecified atom stereocenters. The normalized spacial score (nSPS) is 10.4. The number of carboxylic acids is 2. The fourth-order valence-electron chi connectivity index (χ4n) is 2.88. The number of aryl methyl sites for hydroxylation is 2. The molecule has 0 radical (unpaired) electrons. The number of aromatic carboxylic acids is 2. The quantitative estimate of drug-likeness (QED) is 0.473. The van der Waals surface area contributed by atoms with Crippen molar-refractivity contribution in [1.29, 1.82) is 0 Å². The van der Waals surface area contributed by atoms with Crippen molar-refractivity contribution >= 4 is 34.7 Å². The topological polar surface area (TPSA) is 98.7 Å². The summed E-state index contributed by atoms with van der Waals surface area (Å²) in [4.78, 5) is 23.1. The number of nitrogens with one attached hydrogen (secondary N) is 2. The summed E-state index contributed by atoms with van der Waals surface area (Å²) < 4.78 is 0. The number of carbonyl (C=O) groups is 2. The van der Waals surface area contributed by atoms with Gasteiger partial charge in [-0.3, -0.25) is 0 Å². The van der Waals surface area contributed by atoms with Crippen molar-refractivity contribution in [3.05, 3.63) is 82.9 Å². The van der Waals surface area contributed by atoms with Gasteiger partial charge in [-0.2, -0.15) is 0 Å². The highest BCUT2D eigenvalue weighted by atomic mass is 16.4. The monoisotopic (exact) mass is 376 g/mol. The molecule has 0 atom stereocenters. The van der Waals surface area contributed by atoms with E-state index in [9.17, 15) is 19.8 Å². The summed E-state index contributed by atoms with van der Waals surface area (Å²) >= 11 is 0. The van der Waals surface area contributed by atoms with Gasteiger partial charge >= 0.3 is 11.9 Å². The molecular weight excluding hydrogens is 356 g/mol. The standard InChI is InChI=1S/C22H20N2O4/c1-13-7-9-17(15(11-13)21(25)26)23-19-5-3-4-6-20(19)24-18-10-8-14(2)12-16(18)22(27)28/h3-12,23-24H,1-2H3,(H,25,26)(H,27,28). The van der Waals surface area contributed by atoms with Crippen LogP contribution in [0, 0.1) is 13.8 Å². The molecule has 0 heterocycles. The van der Waals surface area contributed by atoms with E-state index >= 15 is 0 Å². The van der Waals surface area contributed by atoms with Gasteiger partial charge in [-0.25, -0.2) is 9.59 Å². The lowest BCUT2D eigenvalue weighted by Gasteiger charge is -2.17. The van der Waals surface area contributed by atoms with Crippen LogP contribution in [-0.2, 0) is 0 Å². The molecule has 3 aromatic carbocycles. The molecule has 0 amide bonds. The molecule has 3 aromatic rings. The van der Waals surface area contributed by atoms with E-state index in [1.807, 2.05) is 38.1 Å². The number of hydrogen-bond acceptors (Lipinski definition) is 4. The van der Waals surface area contributed by atoms with Crippen molar-refractivity contribution < 1.29 is 19.8 Å². The number of para-hydroxylation sites is 2. The maximum absolute atomic E-state index is 11.6. The van der Waals surface area contributed by atoms with Gasteiger partial charge in [-0.1, -0.05) is 35.4 Å². The summed E-state index contributed by atoms with van der Waals surface area (Å²) in [5, 5.41) is 25.2. The minimum Gasteiger partial charge on any atom is -0.478 e. The molecule has 0 spiro atoms. The molecule has 4 N–H and O–H groups in total. The third kappa shape index (κ3) is 4.12. The van der Waals surface area contributed by atoms with Gasteiger partial charge in [-0.05, 0) is 50.2 Å². The van der Waals surface area contributed by atoms with E-state index in [0.29, 0.717) is 22.7 Å². The zero-order chi connectivity index (χ0) is 20.3. The predicted molar refractivity (Wildman–Crippen MR) is 109 cm³/mol. The van der Waals surface area contributed by atoms with E-state index in [1.54, 1.807) is 36.4 Å². The molecule has 6 nitrogen and oxygen atoms in total. The van der Waals surface area contributed by atoms with Gasteiger partial charge in [0.15, 0.2) is 0 Å². The Labute approximate surface area is 162 Å². The molecule has 0 fully saturated rings. The maximum Gasteiger partial charge on any atom is 0.337 e. The lowest BCUT2D eigenvalue weighted by Crippen LogP contribution is -2.06. The van der Waals surface area contributed by atoms with Crippen LogP contribution in [0.3, 0.4) is 0 Å². The molecule has 0 aliphatic heterocycles. The molecule has 0 bridgehead atoms. The van der Waals surface area contributed by atoms with E-state index in [0.717, 1.165) is 11.1 Å².